The van der Waals surface area contributed by atoms with Crippen molar-refractivity contribution >= 4 is 35.0 Å². The van der Waals surface area contributed by atoms with E-state index in [0.29, 0.717) is 0 Å². The van der Waals surface area contributed by atoms with Crippen molar-refractivity contribution in [2.75, 3.05) is 27.9 Å². The van der Waals surface area contributed by atoms with Crippen molar-refractivity contribution in [3.8, 4) is 0 Å². The van der Waals surface area contributed by atoms with E-state index in [1.165, 1.54) is 64.0 Å². The van der Waals surface area contributed by atoms with E-state index in [9.17, 15) is 33.9 Å². The second-order valence-corrected chi connectivity index (χ2v) is 10.6. The summed E-state index contributed by atoms with van der Waals surface area (Å²) in [5, 5.41) is 11.4. The number of fused-ring (bicyclic) bond motifs is 5. The number of nitrogens with zero attached hydrogens (tertiary/aromatic N) is 2. The highest BCUT2D eigenvalue weighted by Crippen LogP contribution is 2.47. The number of methoxy groups -OCH3 is 2. The summed E-state index contributed by atoms with van der Waals surface area (Å²) < 4.78 is 16.0. The van der Waals surface area contributed by atoms with E-state index in [1.54, 1.807) is 6.92 Å². The van der Waals surface area contributed by atoms with Crippen molar-refractivity contribution in [1.82, 2.24) is 9.80 Å². The summed E-state index contributed by atoms with van der Waals surface area (Å²) in [6.07, 6.45) is 1.20. The number of Topliss-reactive ketones (excluding diaryl/α,β-unsaturated/α-hetero) is 4. The number of hydrogen-bond donors (Lipinski definition) is 1. The number of ether oxygens (including phenoxy) is 3. The van der Waals surface area contributed by atoms with Gasteiger partial charge in [0.2, 0.25) is 17.5 Å². The van der Waals surface area contributed by atoms with E-state index < -0.39 is 65.8 Å². The fourth-order valence-corrected chi connectivity index (χ4v) is 6.33. The zero-order chi connectivity index (χ0) is 30.9. The van der Waals surface area contributed by atoms with Gasteiger partial charge in [-0.05, 0) is 40.8 Å². The van der Waals surface area contributed by atoms with Crippen molar-refractivity contribution in [3.05, 3.63) is 68.4 Å². The van der Waals surface area contributed by atoms with Gasteiger partial charge in [0.1, 0.15) is 24.8 Å². The Labute approximate surface area is 241 Å². The number of amides is 1. The minimum absolute atomic E-state index is 0.0000930. The Morgan fingerprint density at radius 1 is 0.929 bits per heavy atom. The predicted octanol–water partition coefficient (Wildman–Crippen LogP) is 0.385. The number of likely N-dealkylation sites (N-methyl/N-ethyl adjacent to an activating group) is 1. The Balaban J connectivity index is 1.75. The molecule has 0 aromatic rings. The fourth-order valence-electron chi connectivity index (χ4n) is 6.33. The van der Waals surface area contributed by atoms with Crippen LogP contribution >= 0.6 is 0 Å². The maximum atomic E-state index is 14.2. The van der Waals surface area contributed by atoms with E-state index in [0.717, 1.165) is 0 Å². The smallest absolute Gasteiger partial charge is 0.333 e. The topological polar surface area (TPSA) is 157 Å². The first kappa shape index (κ1) is 29.1. The average molecular weight is 579 g/mol. The van der Waals surface area contributed by atoms with Crippen LogP contribution in [0.3, 0.4) is 0 Å². The molecule has 3 aliphatic heterocycles. The van der Waals surface area contributed by atoms with Crippen LogP contribution in [0.4, 0.5) is 0 Å². The normalized spacial score (nSPS) is 28.2. The number of esters is 1. The molecule has 12 nitrogen and oxygen atoms in total. The highest BCUT2D eigenvalue weighted by molar-refractivity contribution is 6.28. The molecule has 1 fully saturated rings. The molecule has 42 heavy (non-hydrogen) atoms. The minimum Gasteiger partial charge on any atom is -0.492 e. The summed E-state index contributed by atoms with van der Waals surface area (Å²) in [7, 11) is 4.01. The van der Waals surface area contributed by atoms with Gasteiger partial charge in [-0.3, -0.25) is 28.9 Å². The average Bonchev–Trinajstić information content (AvgIpc) is 2.96. The standard InChI is InChI=1S/C30H30N2O10/c1-8-11(2)30(39)42-10-16-17-14(22(33)12(3)27(40-6)25(17)36)9-15-20-18-19(23(34)13(4)28(41-7)26(18)37)24(35)21(31(20)5)29(38)32(15)16/h8-9,16,20-21,24,35H,10H2,1-7H3/b11-8-/t16-,20-,21-,24-/m0/s1. The first-order chi connectivity index (χ1) is 19.8. The number of hydrogen-bond acceptors (Lipinski definition) is 11. The number of carbonyl (C=O) groups excluding carboxylic acids is 6. The van der Waals surface area contributed by atoms with Crippen LogP contribution in [-0.2, 0) is 43.0 Å². The molecule has 1 amide bonds. The summed E-state index contributed by atoms with van der Waals surface area (Å²) in [6, 6.07) is -3.70. The largest absolute Gasteiger partial charge is 0.492 e. The van der Waals surface area contributed by atoms with Crippen LogP contribution in [0.25, 0.3) is 0 Å². The fraction of sp³-hybridized carbons (Fsp3) is 0.400. The molecular weight excluding hydrogens is 548 g/mol. The molecule has 1 saturated heterocycles. The van der Waals surface area contributed by atoms with Crippen molar-refractivity contribution in [3.63, 3.8) is 0 Å². The lowest BCUT2D eigenvalue weighted by atomic mass is 9.71. The molecule has 4 atom stereocenters. The third-order valence-electron chi connectivity index (χ3n) is 8.57. The molecule has 220 valence electrons. The van der Waals surface area contributed by atoms with E-state index in [-0.39, 0.29) is 56.2 Å². The Hall–Kier alpha value is -4.42. The Morgan fingerprint density at radius 3 is 2.07 bits per heavy atom. The summed E-state index contributed by atoms with van der Waals surface area (Å²) in [5.41, 5.74) is -0.0275. The van der Waals surface area contributed by atoms with Gasteiger partial charge in [-0.25, -0.2) is 4.79 Å². The zero-order valence-corrected chi connectivity index (χ0v) is 24.2. The number of ketones is 4. The monoisotopic (exact) mass is 578 g/mol. The SMILES string of the molecule is C/C=C(/C)C(=O)OC[C@H]1C2=C(C=C3[C@H]4C5=C(C(=O)C(C)=C(OC)C5=O)[C@H](O)[C@@H](C(=O)N31)N4C)C(=O)C(C)=C(OC)C2=O. The van der Waals surface area contributed by atoms with Crippen LogP contribution < -0.4 is 0 Å². The van der Waals surface area contributed by atoms with Crippen molar-refractivity contribution in [2.24, 2.45) is 0 Å². The van der Waals surface area contributed by atoms with E-state index in [4.69, 9.17) is 14.2 Å². The van der Waals surface area contributed by atoms with Gasteiger partial charge < -0.3 is 24.2 Å². The molecular formula is C30H30N2O10. The third kappa shape index (κ3) is 3.75. The molecule has 0 aromatic carbocycles. The van der Waals surface area contributed by atoms with Crippen LogP contribution in [0.1, 0.15) is 27.7 Å². The van der Waals surface area contributed by atoms with Gasteiger partial charge in [0.15, 0.2) is 23.1 Å². The number of piperazine rings is 1. The highest BCUT2D eigenvalue weighted by atomic mass is 16.5. The number of aliphatic hydroxyl groups is 1. The molecule has 5 rings (SSSR count). The zero-order valence-electron chi connectivity index (χ0n) is 24.2. The number of allylic oxidation sites excluding steroid dienone is 7. The molecule has 1 N–H and O–H groups in total. The van der Waals surface area contributed by atoms with Gasteiger partial charge in [0, 0.05) is 44.7 Å². The molecule has 0 aromatic heterocycles. The molecule has 2 aliphatic carbocycles. The second kappa shape index (κ2) is 10.1. The summed E-state index contributed by atoms with van der Waals surface area (Å²) >= 11 is 0. The van der Waals surface area contributed by atoms with Crippen LogP contribution in [0.5, 0.6) is 0 Å². The first-order valence-corrected chi connectivity index (χ1v) is 13.2. The predicted molar refractivity (Wildman–Crippen MR) is 144 cm³/mol. The summed E-state index contributed by atoms with van der Waals surface area (Å²) in [6.45, 7) is 5.51. The highest BCUT2D eigenvalue weighted by Gasteiger charge is 2.60. The molecule has 5 aliphatic rings. The number of carbonyl (C=O) groups is 6. The lowest BCUT2D eigenvalue weighted by molar-refractivity contribution is -0.152. The second-order valence-electron chi connectivity index (χ2n) is 10.6. The van der Waals surface area contributed by atoms with Crippen molar-refractivity contribution < 1.29 is 48.1 Å². The first-order valence-electron chi connectivity index (χ1n) is 13.2. The quantitative estimate of drug-likeness (QED) is 0.273. The Bertz CT molecular complexity index is 1600. The molecule has 0 spiro atoms. The number of aliphatic hydroxyl groups excluding tert-OH is 1. The Kier molecular flexibility index (Phi) is 7.02. The molecule has 0 saturated carbocycles. The van der Waals surface area contributed by atoms with Gasteiger partial charge in [-0.2, -0.15) is 0 Å². The third-order valence-corrected chi connectivity index (χ3v) is 8.57. The van der Waals surface area contributed by atoms with Crippen LogP contribution in [0, 0.1) is 0 Å². The lowest BCUT2D eigenvalue weighted by Crippen LogP contribution is -2.70. The van der Waals surface area contributed by atoms with Gasteiger partial charge in [0.25, 0.3) is 0 Å². The maximum absolute atomic E-state index is 14.2. The summed E-state index contributed by atoms with van der Waals surface area (Å²) in [5.74, 6) is -4.30. The van der Waals surface area contributed by atoms with Crippen LogP contribution in [-0.4, -0.2) is 102 Å². The maximum Gasteiger partial charge on any atom is 0.333 e. The van der Waals surface area contributed by atoms with Gasteiger partial charge in [0.05, 0.1) is 20.3 Å². The number of rotatable bonds is 5. The minimum atomic E-state index is -1.69. The lowest BCUT2D eigenvalue weighted by Gasteiger charge is -2.55. The van der Waals surface area contributed by atoms with Gasteiger partial charge in [-0.15, -0.1) is 0 Å². The van der Waals surface area contributed by atoms with Crippen LogP contribution in [0.15, 0.2) is 68.4 Å². The molecule has 3 heterocycles. The van der Waals surface area contributed by atoms with Crippen molar-refractivity contribution in [2.45, 2.75) is 51.9 Å². The Morgan fingerprint density at radius 2 is 1.50 bits per heavy atom. The summed E-state index contributed by atoms with van der Waals surface area (Å²) in [4.78, 5) is 83.9. The molecule has 2 bridgehead atoms. The van der Waals surface area contributed by atoms with Crippen LogP contribution in [0.2, 0.25) is 0 Å². The molecule has 0 radical (unpaired) electrons. The van der Waals surface area contributed by atoms with E-state index >= 15 is 0 Å². The van der Waals surface area contributed by atoms with E-state index in [2.05, 4.69) is 0 Å². The molecule has 12 heteroatoms. The van der Waals surface area contributed by atoms with Gasteiger partial charge >= 0.3 is 5.97 Å². The molecule has 0 unspecified atom stereocenters. The van der Waals surface area contributed by atoms with Gasteiger partial charge in [-0.1, -0.05) is 6.08 Å². The van der Waals surface area contributed by atoms with Crippen molar-refractivity contribution in [1.29, 1.82) is 0 Å². The van der Waals surface area contributed by atoms with E-state index in [1.807, 2.05) is 0 Å².